The van der Waals surface area contributed by atoms with Gasteiger partial charge >= 0.3 is 0 Å². The van der Waals surface area contributed by atoms with E-state index in [9.17, 15) is 15.5 Å². The molecule has 5 fully saturated rings. The quantitative estimate of drug-likeness (QED) is 0.355. The van der Waals surface area contributed by atoms with Crippen molar-refractivity contribution in [3.05, 3.63) is 41.0 Å². The predicted molar refractivity (Wildman–Crippen MR) is 185 cm³/mol. The zero-order valence-electron chi connectivity index (χ0n) is 25.2. The lowest BCUT2D eigenvalue weighted by Crippen LogP contribution is -2.55. The second-order valence-electron chi connectivity index (χ2n) is 13.6. The Bertz CT molecular complexity index is 1210. The molecule has 2 saturated heterocycles. The molecule has 7 nitrogen and oxygen atoms in total. The third-order valence-electron chi connectivity index (χ3n) is 11.6. The molecule has 2 N–H and O–H groups in total. The van der Waals surface area contributed by atoms with Gasteiger partial charge in [0.15, 0.2) is 12.1 Å². The minimum Gasteiger partial charge on any atom is -0.465 e. The number of nitriles is 1. The van der Waals surface area contributed by atoms with Gasteiger partial charge in [0.25, 0.3) is 0 Å². The van der Waals surface area contributed by atoms with Crippen LogP contribution in [0.2, 0.25) is 0 Å². The average Bonchev–Trinajstić information content (AvgIpc) is 3.50. The fourth-order valence-corrected chi connectivity index (χ4v) is 9.56. The number of fused-ring (bicyclic) bond motifs is 4. The van der Waals surface area contributed by atoms with Crippen LogP contribution in [0.3, 0.4) is 0 Å². The molecule has 2 heterocycles. The number of nitrogens with zero attached hydrogens (tertiary/aromatic N) is 1. The molecular formula is C34H53NO6S3. The van der Waals surface area contributed by atoms with Crippen LogP contribution in [0.5, 0.6) is 5.75 Å². The number of aliphatic hydroxyl groups is 2. The molecule has 0 bridgehead atoms. The van der Waals surface area contributed by atoms with Gasteiger partial charge in [-0.15, -0.1) is 0 Å². The summed E-state index contributed by atoms with van der Waals surface area (Å²) in [4.78, 5) is 0. The molecule has 2 aliphatic heterocycles. The van der Waals surface area contributed by atoms with E-state index in [1.807, 2.05) is 12.1 Å². The largest absolute Gasteiger partial charge is 0.465 e. The van der Waals surface area contributed by atoms with Crippen molar-refractivity contribution in [1.82, 2.24) is 0 Å². The van der Waals surface area contributed by atoms with E-state index >= 15 is 0 Å². The van der Waals surface area contributed by atoms with E-state index in [0.717, 1.165) is 63.7 Å². The van der Waals surface area contributed by atoms with E-state index in [1.165, 1.54) is 16.7 Å². The van der Waals surface area contributed by atoms with E-state index in [0.29, 0.717) is 38.4 Å². The van der Waals surface area contributed by atoms with Gasteiger partial charge in [-0.2, -0.15) is 45.7 Å². The van der Waals surface area contributed by atoms with Crippen molar-refractivity contribution in [1.29, 1.82) is 5.26 Å². The van der Waals surface area contributed by atoms with Gasteiger partial charge in [0.2, 0.25) is 0 Å². The van der Waals surface area contributed by atoms with Gasteiger partial charge in [-0.25, -0.2) is 0 Å². The first kappa shape index (κ1) is 37.6. The van der Waals surface area contributed by atoms with Gasteiger partial charge in [-0.1, -0.05) is 32.1 Å². The topological polar surface area (TPSA) is 101 Å². The third-order valence-corrected chi connectivity index (χ3v) is 11.6. The van der Waals surface area contributed by atoms with Gasteiger partial charge in [-0.3, -0.25) is 0 Å². The van der Waals surface area contributed by atoms with Crippen molar-refractivity contribution in [2.24, 2.45) is 17.3 Å². The molecule has 1 unspecified atom stereocenters. The molecule has 44 heavy (non-hydrogen) atoms. The minimum absolute atomic E-state index is 0. The predicted octanol–water partition coefficient (Wildman–Crippen LogP) is 6.48. The van der Waals surface area contributed by atoms with Gasteiger partial charge in [0.05, 0.1) is 43.5 Å². The molecule has 3 saturated carbocycles. The molecule has 248 valence electrons. The second kappa shape index (κ2) is 14.1. The summed E-state index contributed by atoms with van der Waals surface area (Å²) in [5, 5.41) is 33.8. The Balaban J connectivity index is 0.00000132. The highest BCUT2D eigenvalue weighted by atomic mass is 32.1. The SMILES string of the molecule is C.C[C@]12C[C@H](c3ccc(OC4CCCCO4)cc3)C3=C4CCC5(C[C@]4(O)CC[C@H]3[C@@H]1CC[C@@]2(O)CC#N)OCCO5.S.S.S. The van der Waals surface area contributed by atoms with Crippen LogP contribution in [0.1, 0.15) is 103 Å². The Labute approximate surface area is 284 Å². The molecule has 0 radical (unpaired) electrons. The summed E-state index contributed by atoms with van der Waals surface area (Å²) in [6.07, 6.45) is 9.05. The fraction of sp³-hybridized carbons (Fsp3) is 0.735. The van der Waals surface area contributed by atoms with E-state index in [2.05, 4.69) is 25.1 Å². The van der Waals surface area contributed by atoms with Gasteiger partial charge in [0.1, 0.15) is 5.75 Å². The number of benzene rings is 1. The van der Waals surface area contributed by atoms with E-state index in [-0.39, 0.29) is 77.9 Å². The van der Waals surface area contributed by atoms with Gasteiger partial charge in [0, 0.05) is 30.6 Å². The maximum atomic E-state index is 12.2. The van der Waals surface area contributed by atoms with Crippen LogP contribution in [0.15, 0.2) is 35.4 Å². The lowest BCUT2D eigenvalue weighted by atomic mass is 9.49. The molecule has 7 rings (SSSR count). The lowest BCUT2D eigenvalue weighted by Gasteiger charge is -2.57. The Hall–Kier alpha value is -0.900. The molecule has 7 atom stereocenters. The maximum Gasteiger partial charge on any atom is 0.199 e. The second-order valence-corrected chi connectivity index (χ2v) is 13.6. The molecule has 0 amide bonds. The van der Waals surface area contributed by atoms with Crippen molar-refractivity contribution in [3.63, 3.8) is 0 Å². The maximum absolute atomic E-state index is 12.2. The first-order chi connectivity index (χ1) is 19.3. The minimum atomic E-state index is -0.988. The van der Waals surface area contributed by atoms with Crippen LogP contribution in [0.4, 0.5) is 0 Å². The van der Waals surface area contributed by atoms with E-state index < -0.39 is 17.0 Å². The highest BCUT2D eigenvalue weighted by molar-refractivity contribution is 7.59. The number of ether oxygens (including phenoxy) is 4. The smallest absolute Gasteiger partial charge is 0.199 e. The van der Waals surface area contributed by atoms with Crippen molar-refractivity contribution in [2.75, 3.05) is 19.8 Å². The summed E-state index contributed by atoms with van der Waals surface area (Å²) in [6.45, 7) is 4.15. The normalized spacial score (nSPS) is 38.3. The number of hydrogen-bond donors (Lipinski definition) is 2. The standard InChI is InChI=1S/C33H43NO6.CH4.3H2S/c1-30-20-25(22-5-7-23(8-6-22)40-28-4-2-3-17-37-28)29-24(26(30)10-13-32(30,36)15-16-34)9-12-31(35)21-33(14-11-27(29)31)38-18-19-39-33;;;;/h5-8,24-26,28,35-36H,2-4,9-15,17-21H2,1H3;1H4;3*1H2/t24-,25+,26-,28?,30-,31+,32+;;;;/m0..../s1. The molecular weight excluding hydrogens is 615 g/mol. The zero-order valence-corrected chi connectivity index (χ0v) is 28.2. The highest BCUT2D eigenvalue weighted by Crippen LogP contribution is 2.68. The van der Waals surface area contributed by atoms with Crippen LogP contribution in [-0.4, -0.2) is 53.3 Å². The third kappa shape index (κ3) is 6.10. The Kier molecular flexibility index (Phi) is 12.0. The molecule has 10 heteroatoms. The first-order valence-corrected chi connectivity index (χ1v) is 15.5. The van der Waals surface area contributed by atoms with Crippen LogP contribution in [0.25, 0.3) is 0 Å². The van der Waals surface area contributed by atoms with Crippen LogP contribution in [-0.2, 0) is 14.2 Å². The molecule has 0 aromatic heterocycles. The van der Waals surface area contributed by atoms with Crippen molar-refractivity contribution >= 4 is 40.5 Å². The zero-order chi connectivity index (χ0) is 27.6. The lowest BCUT2D eigenvalue weighted by molar-refractivity contribution is -0.208. The fourth-order valence-electron chi connectivity index (χ4n) is 9.56. The Morgan fingerprint density at radius 1 is 0.955 bits per heavy atom. The first-order valence-electron chi connectivity index (χ1n) is 15.5. The van der Waals surface area contributed by atoms with Crippen LogP contribution >= 0.6 is 40.5 Å². The Morgan fingerprint density at radius 3 is 2.34 bits per heavy atom. The van der Waals surface area contributed by atoms with E-state index in [4.69, 9.17) is 18.9 Å². The molecule has 6 aliphatic rings. The summed E-state index contributed by atoms with van der Waals surface area (Å²) in [5.74, 6) is 0.802. The number of allylic oxidation sites excluding steroid dienone is 1. The van der Waals surface area contributed by atoms with Crippen molar-refractivity contribution in [2.45, 2.75) is 121 Å². The van der Waals surface area contributed by atoms with Gasteiger partial charge < -0.3 is 29.2 Å². The molecule has 1 aromatic carbocycles. The van der Waals surface area contributed by atoms with Crippen LogP contribution < -0.4 is 4.74 Å². The summed E-state index contributed by atoms with van der Waals surface area (Å²) in [5.41, 5.74) is 1.48. The van der Waals surface area contributed by atoms with Crippen LogP contribution in [0, 0.1) is 28.6 Å². The van der Waals surface area contributed by atoms with E-state index in [1.54, 1.807) is 0 Å². The van der Waals surface area contributed by atoms with Crippen molar-refractivity contribution in [3.8, 4) is 11.8 Å². The summed E-state index contributed by atoms with van der Waals surface area (Å²) in [6, 6.07) is 10.7. The monoisotopic (exact) mass is 667 g/mol. The molecule has 1 spiro atoms. The van der Waals surface area contributed by atoms with Crippen molar-refractivity contribution < 1.29 is 29.2 Å². The summed E-state index contributed by atoms with van der Waals surface area (Å²) in [7, 11) is 0. The summed E-state index contributed by atoms with van der Waals surface area (Å²) >= 11 is 0. The van der Waals surface area contributed by atoms with Gasteiger partial charge in [-0.05, 0) is 86.5 Å². The molecule has 4 aliphatic carbocycles. The molecule has 1 aromatic rings. The Morgan fingerprint density at radius 2 is 1.68 bits per heavy atom. The average molecular weight is 668 g/mol. The number of hydrogen-bond acceptors (Lipinski definition) is 7. The number of rotatable bonds is 4. The summed E-state index contributed by atoms with van der Waals surface area (Å²) < 4.78 is 24.1. The highest BCUT2D eigenvalue weighted by Gasteiger charge is 2.64.